The average molecular weight is 348 g/mol. The average Bonchev–Trinajstić information content (AvgIpc) is 2.70. The van der Waals surface area contributed by atoms with E-state index in [1.165, 1.54) is 5.56 Å². The first kappa shape index (κ1) is 16.5. The van der Waals surface area contributed by atoms with Crippen molar-refractivity contribution in [1.29, 1.82) is 0 Å². The van der Waals surface area contributed by atoms with Gasteiger partial charge in [-0.2, -0.15) is 0 Å². The predicted octanol–water partition coefficient (Wildman–Crippen LogP) is 3.28. The number of amides is 1. The number of hydrogen-bond donors (Lipinski definition) is 1. The molecule has 0 bridgehead atoms. The van der Waals surface area contributed by atoms with Crippen molar-refractivity contribution in [3.05, 3.63) is 28.2 Å². The molecule has 1 aliphatic heterocycles. The van der Waals surface area contributed by atoms with Gasteiger partial charge in [-0.25, -0.2) is 0 Å². The van der Waals surface area contributed by atoms with E-state index in [-0.39, 0.29) is 18.3 Å². The number of nitrogens with zero attached hydrogens (tertiary/aromatic N) is 1. The summed E-state index contributed by atoms with van der Waals surface area (Å²) in [5, 5.41) is 0. The van der Waals surface area contributed by atoms with E-state index in [0.29, 0.717) is 6.42 Å². The van der Waals surface area contributed by atoms with E-state index in [0.717, 1.165) is 29.5 Å². The minimum absolute atomic E-state index is 0. The maximum atomic E-state index is 12.5. The fourth-order valence-corrected chi connectivity index (χ4v) is 2.92. The van der Waals surface area contributed by atoms with Gasteiger partial charge >= 0.3 is 0 Å². The molecule has 3 nitrogen and oxygen atoms in total. The van der Waals surface area contributed by atoms with Crippen LogP contribution >= 0.6 is 28.3 Å². The Balaban J connectivity index is 0.00000180. The molecule has 0 saturated heterocycles. The van der Waals surface area contributed by atoms with Crippen molar-refractivity contribution in [2.45, 2.75) is 38.6 Å². The number of fused-ring (bicyclic) bond motifs is 1. The van der Waals surface area contributed by atoms with E-state index in [2.05, 4.69) is 22.0 Å². The Morgan fingerprint density at radius 3 is 2.84 bits per heavy atom. The zero-order chi connectivity index (χ0) is 13.3. The highest BCUT2D eigenvalue weighted by Gasteiger charge is 2.35. The highest BCUT2D eigenvalue weighted by atomic mass is 79.9. The van der Waals surface area contributed by atoms with Crippen LogP contribution in [0.3, 0.4) is 0 Å². The summed E-state index contributed by atoms with van der Waals surface area (Å²) in [5.74, 6) is 0.0328. The first-order valence-electron chi connectivity index (χ1n) is 6.35. The summed E-state index contributed by atoms with van der Waals surface area (Å²) in [6.45, 7) is 4.62. The summed E-state index contributed by atoms with van der Waals surface area (Å²) in [7, 11) is 0. The maximum absolute atomic E-state index is 12.5. The summed E-state index contributed by atoms with van der Waals surface area (Å²) in [6, 6.07) is 6.04. The van der Waals surface area contributed by atoms with Crippen LogP contribution in [-0.2, 0) is 11.2 Å². The molecule has 1 aromatic rings. The van der Waals surface area contributed by atoms with Crippen molar-refractivity contribution in [3.63, 3.8) is 0 Å². The van der Waals surface area contributed by atoms with Crippen LogP contribution in [0.15, 0.2) is 22.7 Å². The number of hydrogen-bond acceptors (Lipinski definition) is 2. The second kappa shape index (κ2) is 6.25. The fraction of sp³-hybridized carbons (Fsp3) is 0.500. The smallest absolute Gasteiger partial charge is 0.246 e. The highest BCUT2D eigenvalue weighted by molar-refractivity contribution is 9.10. The molecular weight excluding hydrogens is 328 g/mol. The number of carbonyl (C=O) groups excluding carboxylic acids is 1. The Hall–Kier alpha value is -0.580. The van der Waals surface area contributed by atoms with Gasteiger partial charge in [0.15, 0.2) is 0 Å². The van der Waals surface area contributed by atoms with Crippen LogP contribution in [0.2, 0.25) is 0 Å². The van der Waals surface area contributed by atoms with Gasteiger partial charge in [-0.3, -0.25) is 4.79 Å². The van der Waals surface area contributed by atoms with Gasteiger partial charge in [-0.15, -0.1) is 12.4 Å². The van der Waals surface area contributed by atoms with Crippen molar-refractivity contribution >= 4 is 39.9 Å². The van der Waals surface area contributed by atoms with Crippen LogP contribution in [-0.4, -0.2) is 18.0 Å². The Kier molecular flexibility index (Phi) is 5.42. The summed E-state index contributed by atoms with van der Waals surface area (Å²) in [5.41, 5.74) is 7.60. The van der Waals surface area contributed by atoms with Gasteiger partial charge in [-0.05, 0) is 43.5 Å². The van der Waals surface area contributed by atoms with Gasteiger partial charge in [0.05, 0.1) is 5.54 Å². The predicted molar refractivity (Wildman–Crippen MR) is 84.9 cm³/mol. The molecule has 1 atom stereocenters. The third-order valence-electron chi connectivity index (χ3n) is 3.44. The Labute approximate surface area is 129 Å². The van der Waals surface area contributed by atoms with Gasteiger partial charge < -0.3 is 10.6 Å². The molecule has 19 heavy (non-hydrogen) atoms. The number of rotatable bonds is 3. The van der Waals surface area contributed by atoms with Gasteiger partial charge in [0, 0.05) is 16.7 Å². The van der Waals surface area contributed by atoms with Crippen LogP contribution in [0, 0.1) is 0 Å². The van der Waals surface area contributed by atoms with E-state index in [1.807, 2.05) is 30.9 Å². The van der Waals surface area contributed by atoms with Crippen LogP contribution in [0.4, 0.5) is 5.69 Å². The first-order chi connectivity index (χ1) is 8.45. The lowest BCUT2D eigenvalue weighted by molar-refractivity contribution is -0.123. The molecule has 0 radical (unpaired) electrons. The minimum atomic E-state index is -0.760. The summed E-state index contributed by atoms with van der Waals surface area (Å²) >= 11 is 3.46. The zero-order valence-corrected chi connectivity index (χ0v) is 13.7. The van der Waals surface area contributed by atoms with Crippen molar-refractivity contribution in [2.24, 2.45) is 5.73 Å². The number of carbonyl (C=O) groups is 1. The van der Waals surface area contributed by atoms with E-state index in [9.17, 15) is 4.79 Å². The van der Waals surface area contributed by atoms with Crippen molar-refractivity contribution in [3.8, 4) is 0 Å². The van der Waals surface area contributed by atoms with Crippen LogP contribution in [0.25, 0.3) is 0 Å². The molecule has 106 valence electrons. The first-order valence-corrected chi connectivity index (χ1v) is 7.14. The summed E-state index contributed by atoms with van der Waals surface area (Å²) < 4.78 is 1.06. The molecule has 1 aliphatic rings. The fourth-order valence-electron chi connectivity index (χ4n) is 2.52. The highest BCUT2D eigenvalue weighted by Crippen LogP contribution is 2.32. The van der Waals surface area contributed by atoms with Crippen LogP contribution < -0.4 is 10.6 Å². The third kappa shape index (κ3) is 3.30. The minimum Gasteiger partial charge on any atom is -0.318 e. The molecule has 0 spiro atoms. The Bertz CT molecular complexity index is 477. The van der Waals surface area contributed by atoms with Crippen LogP contribution in [0.5, 0.6) is 0 Å². The monoisotopic (exact) mass is 346 g/mol. The van der Waals surface area contributed by atoms with Crippen molar-refractivity contribution in [2.75, 3.05) is 11.4 Å². The largest absolute Gasteiger partial charge is 0.318 e. The Morgan fingerprint density at radius 1 is 1.53 bits per heavy atom. The van der Waals surface area contributed by atoms with Crippen molar-refractivity contribution in [1.82, 2.24) is 0 Å². The van der Waals surface area contributed by atoms with Crippen LogP contribution in [0.1, 0.15) is 32.3 Å². The van der Waals surface area contributed by atoms with Gasteiger partial charge in [0.2, 0.25) is 5.91 Å². The molecule has 0 aliphatic carbocycles. The molecular formula is C14H20BrClN2O. The van der Waals surface area contributed by atoms with Gasteiger partial charge in [0.25, 0.3) is 0 Å². The normalized spacial score (nSPS) is 16.5. The molecule has 1 amide bonds. The second-order valence-electron chi connectivity index (χ2n) is 5.15. The molecule has 0 aromatic heterocycles. The lowest BCUT2D eigenvalue weighted by Crippen LogP contribution is -2.53. The molecule has 1 heterocycles. The van der Waals surface area contributed by atoms with E-state index >= 15 is 0 Å². The number of anilines is 1. The molecule has 2 rings (SSSR count). The summed E-state index contributed by atoms with van der Waals surface area (Å²) in [4.78, 5) is 14.3. The maximum Gasteiger partial charge on any atom is 0.246 e. The molecule has 2 N–H and O–H groups in total. The number of benzene rings is 1. The van der Waals surface area contributed by atoms with E-state index in [1.54, 1.807) is 0 Å². The molecule has 1 unspecified atom stereocenters. The number of nitrogens with two attached hydrogens (primary N) is 1. The second-order valence-corrected chi connectivity index (χ2v) is 6.06. The Morgan fingerprint density at radius 2 is 2.21 bits per heavy atom. The summed E-state index contributed by atoms with van der Waals surface area (Å²) in [6.07, 6.45) is 2.54. The third-order valence-corrected chi connectivity index (χ3v) is 3.93. The molecule has 0 saturated carbocycles. The molecule has 1 aromatic carbocycles. The standard InChI is InChI=1S/C14H19BrN2O.ClH/c1-3-7-14(2,16)13(18)17-8-6-10-9-11(15)4-5-12(10)17;/h4-5,9H,3,6-8,16H2,1-2H3;1H. The van der Waals surface area contributed by atoms with E-state index < -0.39 is 5.54 Å². The topological polar surface area (TPSA) is 46.3 Å². The lowest BCUT2D eigenvalue weighted by atomic mass is 9.95. The molecule has 5 heteroatoms. The SMILES string of the molecule is CCCC(C)(N)C(=O)N1CCc2cc(Br)ccc21.Cl. The molecule has 0 fully saturated rings. The quantitative estimate of drug-likeness (QED) is 0.912. The van der Waals surface area contributed by atoms with Gasteiger partial charge in [-0.1, -0.05) is 29.3 Å². The lowest BCUT2D eigenvalue weighted by Gasteiger charge is -2.29. The van der Waals surface area contributed by atoms with E-state index in [4.69, 9.17) is 5.73 Å². The number of halogens is 2. The van der Waals surface area contributed by atoms with Gasteiger partial charge in [0.1, 0.15) is 0 Å². The van der Waals surface area contributed by atoms with Crippen molar-refractivity contribution < 1.29 is 4.79 Å². The zero-order valence-electron chi connectivity index (χ0n) is 11.3.